The van der Waals surface area contributed by atoms with Crippen LogP contribution >= 0.6 is 0 Å². The topological polar surface area (TPSA) is 82.8 Å². The van der Waals surface area contributed by atoms with Crippen molar-refractivity contribution in [2.75, 3.05) is 0 Å². The van der Waals surface area contributed by atoms with Crippen LogP contribution in [0, 0.1) is 17.2 Å². The Labute approximate surface area is 121 Å². The molecule has 0 amide bonds. The van der Waals surface area contributed by atoms with Gasteiger partial charge in [0.05, 0.1) is 0 Å². The van der Waals surface area contributed by atoms with Crippen LogP contribution in [0.4, 0.5) is 0 Å². The average molecular weight is 295 g/mol. The van der Waals surface area contributed by atoms with Gasteiger partial charge >= 0.3 is 0 Å². The molecule has 0 bridgehead atoms. The quantitative estimate of drug-likeness (QED) is 0.837. The molecule has 0 aliphatic heterocycles. The summed E-state index contributed by atoms with van der Waals surface area (Å²) < 4.78 is 27.0. The summed E-state index contributed by atoms with van der Waals surface area (Å²) in [6.07, 6.45) is 4.23. The maximum absolute atomic E-state index is 12.2. The first-order chi connectivity index (χ1) is 9.36. The lowest BCUT2D eigenvalue weighted by Gasteiger charge is -2.15. The van der Waals surface area contributed by atoms with Gasteiger partial charge in [-0.3, -0.25) is 0 Å². The van der Waals surface area contributed by atoms with Crippen LogP contribution in [0.25, 0.3) is 0 Å². The van der Waals surface area contributed by atoms with Crippen LogP contribution in [0.1, 0.15) is 45.7 Å². The van der Waals surface area contributed by atoms with Gasteiger partial charge in [-0.25, -0.2) is 18.1 Å². The molecular weight excluding hydrogens is 274 g/mol. The lowest BCUT2D eigenvalue weighted by Crippen LogP contribution is -2.33. The molecule has 1 aromatic heterocycles. The van der Waals surface area contributed by atoms with Crippen molar-refractivity contribution >= 4 is 10.0 Å². The van der Waals surface area contributed by atoms with E-state index < -0.39 is 10.0 Å². The highest BCUT2D eigenvalue weighted by atomic mass is 32.2. The molecule has 0 saturated carbocycles. The van der Waals surface area contributed by atoms with Crippen molar-refractivity contribution in [3.05, 3.63) is 24.0 Å². The maximum atomic E-state index is 12.2. The molecule has 1 heterocycles. The molecule has 1 aromatic rings. The summed E-state index contributed by atoms with van der Waals surface area (Å²) in [6, 6.07) is 4.55. The molecule has 20 heavy (non-hydrogen) atoms. The second kappa shape index (κ2) is 7.36. The number of nitriles is 1. The van der Waals surface area contributed by atoms with E-state index in [0.717, 1.165) is 19.3 Å². The van der Waals surface area contributed by atoms with Crippen molar-refractivity contribution in [1.29, 1.82) is 5.26 Å². The summed E-state index contributed by atoms with van der Waals surface area (Å²) in [5, 5.41) is 8.91. The normalized spacial score (nSPS) is 13.2. The molecule has 110 valence electrons. The van der Waals surface area contributed by atoms with E-state index in [-0.39, 0.29) is 16.6 Å². The first kappa shape index (κ1) is 16.6. The Balaban J connectivity index is 2.73. The third kappa shape index (κ3) is 4.91. The van der Waals surface area contributed by atoms with Crippen molar-refractivity contribution in [1.82, 2.24) is 9.71 Å². The first-order valence-electron chi connectivity index (χ1n) is 6.74. The van der Waals surface area contributed by atoms with Gasteiger partial charge in [0.2, 0.25) is 10.0 Å². The molecule has 0 fully saturated rings. The van der Waals surface area contributed by atoms with Gasteiger partial charge in [-0.1, -0.05) is 26.7 Å². The molecule has 0 aliphatic rings. The molecule has 1 atom stereocenters. The minimum Gasteiger partial charge on any atom is -0.244 e. The maximum Gasteiger partial charge on any atom is 0.243 e. The highest BCUT2D eigenvalue weighted by molar-refractivity contribution is 7.89. The van der Waals surface area contributed by atoms with E-state index in [1.54, 1.807) is 6.07 Å². The van der Waals surface area contributed by atoms with Crippen LogP contribution in [0.15, 0.2) is 23.2 Å². The van der Waals surface area contributed by atoms with Crippen molar-refractivity contribution in [2.24, 2.45) is 5.92 Å². The van der Waals surface area contributed by atoms with Crippen molar-refractivity contribution in [3.8, 4) is 6.07 Å². The predicted octanol–water partition coefficient (Wildman–Crippen LogP) is 2.45. The average Bonchev–Trinajstić information content (AvgIpc) is 2.37. The van der Waals surface area contributed by atoms with Crippen molar-refractivity contribution in [2.45, 2.75) is 51.0 Å². The SMILES string of the molecule is CC(C)CCCC(C)NS(=O)(=O)c1cccnc1C#N. The zero-order valence-corrected chi connectivity index (χ0v) is 12.9. The van der Waals surface area contributed by atoms with E-state index in [0.29, 0.717) is 5.92 Å². The Morgan fingerprint density at radius 3 is 2.65 bits per heavy atom. The first-order valence-corrected chi connectivity index (χ1v) is 8.22. The van der Waals surface area contributed by atoms with Gasteiger partial charge in [-0.05, 0) is 31.4 Å². The van der Waals surface area contributed by atoms with Gasteiger partial charge in [0.15, 0.2) is 5.69 Å². The Morgan fingerprint density at radius 1 is 1.35 bits per heavy atom. The largest absolute Gasteiger partial charge is 0.244 e. The summed E-state index contributed by atoms with van der Waals surface area (Å²) in [5.41, 5.74) is -0.0746. The minimum atomic E-state index is -3.69. The zero-order valence-electron chi connectivity index (χ0n) is 12.1. The Bertz CT molecular complexity index is 576. The third-order valence-corrected chi connectivity index (χ3v) is 4.56. The van der Waals surface area contributed by atoms with Crippen LogP contribution in [0.3, 0.4) is 0 Å². The molecule has 0 saturated heterocycles. The number of aromatic nitrogens is 1. The summed E-state index contributed by atoms with van der Waals surface area (Å²) in [6.45, 7) is 6.12. The molecule has 0 aliphatic carbocycles. The smallest absolute Gasteiger partial charge is 0.243 e. The number of rotatable bonds is 7. The van der Waals surface area contributed by atoms with Gasteiger partial charge in [0, 0.05) is 12.2 Å². The van der Waals surface area contributed by atoms with E-state index in [9.17, 15) is 8.42 Å². The van der Waals surface area contributed by atoms with Crippen LogP contribution in [0.2, 0.25) is 0 Å². The Hall–Kier alpha value is -1.45. The van der Waals surface area contributed by atoms with Crippen LogP contribution in [0.5, 0.6) is 0 Å². The lowest BCUT2D eigenvalue weighted by molar-refractivity contribution is 0.488. The second-order valence-electron chi connectivity index (χ2n) is 5.31. The van der Waals surface area contributed by atoms with E-state index in [4.69, 9.17) is 5.26 Å². The standard InChI is InChI=1S/C14H21N3O2S/c1-11(2)6-4-7-12(3)17-20(18,19)14-8-5-9-16-13(14)10-15/h5,8-9,11-12,17H,4,6-7H2,1-3H3. The Morgan fingerprint density at radius 2 is 2.05 bits per heavy atom. The molecule has 1 rings (SSSR count). The van der Waals surface area contributed by atoms with Gasteiger partial charge in [-0.2, -0.15) is 5.26 Å². The molecule has 0 aromatic carbocycles. The van der Waals surface area contributed by atoms with E-state index in [2.05, 4.69) is 23.6 Å². The van der Waals surface area contributed by atoms with E-state index in [1.807, 2.05) is 6.92 Å². The summed E-state index contributed by atoms with van der Waals surface area (Å²) in [5.74, 6) is 0.613. The van der Waals surface area contributed by atoms with Crippen LogP contribution < -0.4 is 4.72 Å². The molecule has 0 radical (unpaired) electrons. The highest BCUT2D eigenvalue weighted by Gasteiger charge is 2.21. The highest BCUT2D eigenvalue weighted by Crippen LogP contribution is 2.14. The van der Waals surface area contributed by atoms with Crippen LogP contribution in [-0.2, 0) is 10.0 Å². The fraction of sp³-hybridized carbons (Fsp3) is 0.571. The van der Waals surface area contributed by atoms with E-state index >= 15 is 0 Å². The molecule has 0 spiro atoms. The van der Waals surface area contributed by atoms with Crippen LogP contribution in [-0.4, -0.2) is 19.4 Å². The number of nitrogens with one attached hydrogen (secondary N) is 1. The van der Waals surface area contributed by atoms with Gasteiger partial charge in [0.1, 0.15) is 11.0 Å². The second-order valence-corrected chi connectivity index (χ2v) is 6.99. The number of hydrogen-bond donors (Lipinski definition) is 1. The molecule has 6 heteroatoms. The van der Waals surface area contributed by atoms with Gasteiger partial charge in [-0.15, -0.1) is 0 Å². The number of nitrogens with zero attached hydrogens (tertiary/aromatic N) is 2. The predicted molar refractivity (Wildman–Crippen MR) is 77.4 cm³/mol. The fourth-order valence-electron chi connectivity index (χ4n) is 1.91. The molecular formula is C14H21N3O2S. The van der Waals surface area contributed by atoms with E-state index in [1.165, 1.54) is 18.3 Å². The van der Waals surface area contributed by atoms with Gasteiger partial charge < -0.3 is 0 Å². The molecule has 5 nitrogen and oxygen atoms in total. The number of sulfonamides is 1. The molecule has 1 unspecified atom stereocenters. The summed E-state index contributed by atoms with van der Waals surface area (Å²) in [4.78, 5) is 3.72. The lowest BCUT2D eigenvalue weighted by atomic mass is 10.0. The van der Waals surface area contributed by atoms with Gasteiger partial charge in [0.25, 0.3) is 0 Å². The Kier molecular flexibility index (Phi) is 6.11. The van der Waals surface area contributed by atoms with Crippen molar-refractivity contribution in [3.63, 3.8) is 0 Å². The monoisotopic (exact) mass is 295 g/mol. The molecule has 1 N–H and O–H groups in total. The number of pyridine rings is 1. The number of hydrogen-bond acceptors (Lipinski definition) is 4. The zero-order chi connectivity index (χ0) is 15.2. The minimum absolute atomic E-state index is 0.0572. The fourth-order valence-corrected chi connectivity index (χ4v) is 3.30. The summed E-state index contributed by atoms with van der Waals surface area (Å²) in [7, 11) is -3.69. The summed E-state index contributed by atoms with van der Waals surface area (Å²) >= 11 is 0. The van der Waals surface area contributed by atoms with Crippen molar-refractivity contribution < 1.29 is 8.42 Å². The third-order valence-electron chi connectivity index (χ3n) is 2.94.